The van der Waals surface area contributed by atoms with Crippen LogP contribution in [-0.2, 0) is 14.3 Å². The van der Waals surface area contributed by atoms with Crippen molar-refractivity contribution in [3.63, 3.8) is 0 Å². The second-order valence-electron chi connectivity index (χ2n) is 7.35. The zero-order chi connectivity index (χ0) is 18.9. The molecule has 0 bridgehead atoms. The molecule has 1 aliphatic heterocycles. The first-order chi connectivity index (χ1) is 12.5. The highest BCUT2D eigenvalue weighted by atomic mass is 16.5. The molecule has 144 valence electrons. The van der Waals surface area contributed by atoms with Crippen LogP contribution in [0.3, 0.4) is 0 Å². The summed E-state index contributed by atoms with van der Waals surface area (Å²) in [6.07, 6.45) is 2.59. The standard InChI is InChI=1S/C21H32N2O3/c1-16(2)21(25)23-13-7-11-19(15-23)20(24)22-12-8-14-26-17(3)18-9-5-4-6-10-18/h4-6,9-10,16-17,19H,7-8,11-15H2,1-3H3,(H,22,24)/t17-,19-/m0/s1. The monoisotopic (exact) mass is 360 g/mol. The third-order valence-electron chi connectivity index (χ3n) is 4.85. The molecule has 0 spiro atoms. The summed E-state index contributed by atoms with van der Waals surface area (Å²) in [6.45, 7) is 8.38. The topological polar surface area (TPSA) is 58.6 Å². The second-order valence-corrected chi connectivity index (χ2v) is 7.35. The molecule has 2 amide bonds. The van der Waals surface area contributed by atoms with Gasteiger partial charge in [-0.3, -0.25) is 9.59 Å². The zero-order valence-corrected chi connectivity index (χ0v) is 16.2. The maximum Gasteiger partial charge on any atom is 0.225 e. The van der Waals surface area contributed by atoms with Crippen LogP contribution in [0.1, 0.15) is 51.7 Å². The number of hydrogen-bond acceptors (Lipinski definition) is 3. The van der Waals surface area contributed by atoms with Crippen LogP contribution >= 0.6 is 0 Å². The zero-order valence-electron chi connectivity index (χ0n) is 16.2. The molecule has 0 unspecified atom stereocenters. The van der Waals surface area contributed by atoms with E-state index in [9.17, 15) is 9.59 Å². The minimum atomic E-state index is -0.0874. The molecule has 0 aromatic heterocycles. The van der Waals surface area contributed by atoms with E-state index >= 15 is 0 Å². The Labute approximate surface area is 157 Å². The van der Waals surface area contributed by atoms with Gasteiger partial charge in [-0.2, -0.15) is 0 Å². The molecule has 26 heavy (non-hydrogen) atoms. The van der Waals surface area contributed by atoms with Crippen molar-refractivity contribution in [2.45, 2.75) is 46.1 Å². The van der Waals surface area contributed by atoms with Crippen molar-refractivity contribution in [1.29, 1.82) is 0 Å². The highest BCUT2D eigenvalue weighted by molar-refractivity contribution is 5.82. The average Bonchev–Trinajstić information content (AvgIpc) is 2.67. The fourth-order valence-electron chi connectivity index (χ4n) is 3.26. The number of nitrogens with zero attached hydrogens (tertiary/aromatic N) is 1. The summed E-state index contributed by atoms with van der Waals surface area (Å²) >= 11 is 0. The number of rotatable bonds is 8. The van der Waals surface area contributed by atoms with Crippen LogP contribution in [-0.4, -0.2) is 43.0 Å². The molecule has 1 fully saturated rings. The van der Waals surface area contributed by atoms with Gasteiger partial charge in [0.2, 0.25) is 11.8 Å². The van der Waals surface area contributed by atoms with Gasteiger partial charge in [0, 0.05) is 32.2 Å². The first-order valence-corrected chi connectivity index (χ1v) is 9.72. The Bertz CT molecular complexity index is 574. The quantitative estimate of drug-likeness (QED) is 0.725. The Morgan fingerprint density at radius 3 is 2.65 bits per heavy atom. The summed E-state index contributed by atoms with van der Waals surface area (Å²) in [6, 6.07) is 10.1. The van der Waals surface area contributed by atoms with Crippen molar-refractivity contribution in [2.24, 2.45) is 11.8 Å². The molecule has 0 saturated carbocycles. The van der Waals surface area contributed by atoms with Gasteiger partial charge < -0.3 is 15.0 Å². The van der Waals surface area contributed by atoms with Crippen LogP contribution in [0.25, 0.3) is 0 Å². The van der Waals surface area contributed by atoms with E-state index in [0.717, 1.165) is 31.4 Å². The van der Waals surface area contributed by atoms with Gasteiger partial charge in [-0.05, 0) is 31.7 Å². The summed E-state index contributed by atoms with van der Waals surface area (Å²) in [7, 11) is 0. The Kier molecular flexibility index (Phi) is 8.10. The molecular formula is C21H32N2O3. The lowest BCUT2D eigenvalue weighted by Gasteiger charge is -2.33. The number of likely N-dealkylation sites (tertiary alicyclic amines) is 1. The maximum absolute atomic E-state index is 12.4. The number of carbonyl (C=O) groups is 2. The molecule has 1 aromatic carbocycles. The van der Waals surface area contributed by atoms with Crippen LogP contribution in [0.2, 0.25) is 0 Å². The number of benzene rings is 1. The van der Waals surface area contributed by atoms with Gasteiger partial charge in [-0.25, -0.2) is 0 Å². The minimum Gasteiger partial charge on any atom is -0.374 e. The van der Waals surface area contributed by atoms with Crippen LogP contribution in [0.15, 0.2) is 30.3 Å². The van der Waals surface area contributed by atoms with Gasteiger partial charge in [0.25, 0.3) is 0 Å². The van der Waals surface area contributed by atoms with Crippen molar-refractivity contribution in [3.8, 4) is 0 Å². The van der Waals surface area contributed by atoms with E-state index in [1.54, 1.807) is 0 Å². The van der Waals surface area contributed by atoms with Gasteiger partial charge in [-0.15, -0.1) is 0 Å². The van der Waals surface area contributed by atoms with Crippen LogP contribution < -0.4 is 5.32 Å². The largest absolute Gasteiger partial charge is 0.374 e. The Morgan fingerprint density at radius 1 is 1.23 bits per heavy atom. The smallest absolute Gasteiger partial charge is 0.225 e. The van der Waals surface area contributed by atoms with E-state index in [-0.39, 0.29) is 29.8 Å². The first-order valence-electron chi connectivity index (χ1n) is 9.72. The number of ether oxygens (including phenoxy) is 1. The van der Waals surface area contributed by atoms with Gasteiger partial charge in [-0.1, -0.05) is 44.2 Å². The van der Waals surface area contributed by atoms with Gasteiger partial charge in [0.1, 0.15) is 0 Å². The van der Waals surface area contributed by atoms with Crippen molar-refractivity contribution >= 4 is 11.8 Å². The average molecular weight is 360 g/mol. The summed E-state index contributed by atoms with van der Waals surface area (Å²) in [5, 5.41) is 3.00. The molecule has 5 heteroatoms. The minimum absolute atomic E-state index is 0.0134. The van der Waals surface area contributed by atoms with Crippen LogP contribution in [0.5, 0.6) is 0 Å². The molecule has 1 saturated heterocycles. The van der Waals surface area contributed by atoms with E-state index < -0.39 is 0 Å². The molecule has 1 N–H and O–H groups in total. The van der Waals surface area contributed by atoms with Crippen molar-refractivity contribution in [3.05, 3.63) is 35.9 Å². The Balaban J connectivity index is 1.64. The van der Waals surface area contributed by atoms with Gasteiger partial charge in [0.05, 0.1) is 12.0 Å². The summed E-state index contributed by atoms with van der Waals surface area (Å²) < 4.78 is 5.83. The molecular weight excluding hydrogens is 328 g/mol. The molecule has 0 aliphatic carbocycles. The number of nitrogens with one attached hydrogen (secondary N) is 1. The van der Waals surface area contributed by atoms with E-state index in [0.29, 0.717) is 19.7 Å². The maximum atomic E-state index is 12.4. The van der Waals surface area contributed by atoms with Crippen molar-refractivity contribution in [2.75, 3.05) is 26.2 Å². The second kappa shape index (κ2) is 10.3. The first kappa shape index (κ1) is 20.4. The molecule has 1 heterocycles. The van der Waals surface area contributed by atoms with Gasteiger partial charge >= 0.3 is 0 Å². The highest BCUT2D eigenvalue weighted by Gasteiger charge is 2.29. The van der Waals surface area contributed by atoms with Crippen LogP contribution in [0.4, 0.5) is 0 Å². The fraction of sp³-hybridized carbons (Fsp3) is 0.619. The SMILES string of the molecule is CC(C)C(=O)N1CCC[C@H](C(=O)NCCCO[C@@H](C)c2ccccc2)C1. The molecule has 1 aromatic rings. The summed E-state index contributed by atoms with van der Waals surface area (Å²) in [5.41, 5.74) is 1.16. The van der Waals surface area contributed by atoms with Crippen LogP contribution in [0, 0.1) is 11.8 Å². The predicted octanol–water partition coefficient (Wildman–Crippen LogP) is 3.17. The van der Waals surface area contributed by atoms with Crippen molar-refractivity contribution in [1.82, 2.24) is 10.2 Å². The molecule has 1 aliphatic rings. The number of hydrogen-bond donors (Lipinski definition) is 1. The van der Waals surface area contributed by atoms with E-state index in [4.69, 9.17) is 4.74 Å². The third kappa shape index (κ3) is 6.13. The third-order valence-corrected chi connectivity index (χ3v) is 4.85. The normalized spacial score (nSPS) is 18.6. The molecule has 2 atom stereocenters. The van der Waals surface area contributed by atoms with Gasteiger partial charge in [0.15, 0.2) is 0 Å². The fourth-order valence-corrected chi connectivity index (χ4v) is 3.26. The van der Waals surface area contributed by atoms with E-state index in [2.05, 4.69) is 17.4 Å². The van der Waals surface area contributed by atoms with Crippen molar-refractivity contribution < 1.29 is 14.3 Å². The molecule has 5 nitrogen and oxygen atoms in total. The lowest BCUT2D eigenvalue weighted by Crippen LogP contribution is -2.46. The lowest BCUT2D eigenvalue weighted by molar-refractivity contribution is -0.138. The predicted molar refractivity (Wildman–Crippen MR) is 103 cm³/mol. The summed E-state index contributed by atoms with van der Waals surface area (Å²) in [4.78, 5) is 26.3. The Hall–Kier alpha value is -1.88. The number of amides is 2. The molecule has 0 radical (unpaired) electrons. The molecule has 2 rings (SSSR count). The Morgan fingerprint density at radius 2 is 1.96 bits per heavy atom. The lowest BCUT2D eigenvalue weighted by atomic mass is 9.96. The highest BCUT2D eigenvalue weighted by Crippen LogP contribution is 2.19. The van der Waals surface area contributed by atoms with E-state index in [1.165, 1.54) is 0 Å². The summed E-state index contributed by atoms with van der Waals surface area (Å²) in [5.74, 6) is 0.101. The van der Waals surface area contributed by atoms with E-state index in [1.807, 2.05) is 43.9 Å². The number of piperidine rings is 1. The number of carbonyl (C=O) groups excluding carboxylic acids is 2.